The van der Waals surface area contributed by atoms with Crippen LogP contribution in [0.15, 0.2) is 12.1 Å². The molecule has 1 aromatic carbocycles. The molecule has 0 amide bonds. The highest BCUT2D eigenvalue weighted by molar-refractivity contribution is 6.32. The van der Waals surface area contributed by atoms with Crippen molar-refractivity contribution in [3.05, 3.63) is 22.7 Å². The summed E-state index contributed by atoms with van der Waals surface area (Å²) < 4.78 is 11.1. The van der Waals surface area contributed by atoms with Gasteiger partial charge in [-0.1, -0.05) is 11.6 Å². The van der Waals surface area contributed by atoms with Crippen molar-refractivity contribution in [2.45, 2.75) is 13.0 Å². The first-order valence-corrected chi connectivity index (χ1v) is 5.41. The molecule has 0 aliphatic carbocycles. The van der Waals surface area contributed by atoms with Gasteiger partial charge in [-0.15, -0.1) is 0 Å². The van der Waals surface area contributed by atoms with E-state index in [4.69, 9.17) is 21.1 Å². The zero-order valence-corrected chi connectivity index (χ0v) is 9.43. The zero-order valence-electron chi connectivity index (χ0n) is 8.68. The Morgan fingerprint density at radius 1 is 1.33 bits per heavy atom. The van der Waals surface area contributed by atoms with E-state index in [0.29, 0.717) is 24.0 Å². The van der Waals surface area contributed by atoms with E-state index in [1.165, 1.54) is 0 Å². The van der Waals surface area contributed by atoms with Crippen molar-refractivity contribution in [1.29, 1.82) is 0 Å². The summed E-state index contributed by atoms with van der Waals surface area (Å²) in [5.41, 5.74) is 1.10. The number of hydrogen-bond acceptors (Lipinski definition) is 3. The quantitative estimate of drug-likeness (QED) is 0.841. The second-order valence-corrected chi connectivity index (χ2v) is 3.89. The Bertz CT molecular complexity index is 355. The van der Waals surface area contributed by atoms with Crippen LogP contribution < -0.4 is 14.8 Å². The minimum Gasteiger partial charge on any atom is -0.489 e. The van der Waals surface area contributed by atoms with Gasteiger partial charge in [0, 0.05) is 13.0 Å². The first kappa shape index (κ1) is 10.6. The summed E-state index contributed by atoms with van der Waals surface area (Å²) in [6.45, 7) is 2.13. The molecule has 0 fully saturated rings. The number of ether oxygens (including phenoxy) is 2. The van der Waals surface area contributed by atoms with Crippen LogP contribution >= 0.6 is 11.6 Å². The Morgan fingerprint density at radius 3 is 2.93 bits per heavy atom. The van der Waals surface area contributed by atoms with Crippen LogP contribution in [0.1, 0.15) is 12.0 Å². The van der Waals surface area contributed by atoms with Gasteiger partial charge in [0.1, 0.15) is 0 Å². The molecule has 2 rings (SSSR count). The fraction of sp³-hybridized carbons (Fsp3) is 0.455. The molecule has 0 radical (unpaired) electrons. The summed E-state index contributed by atoms with van der Waals surface area (Å²) in [5.74, 6) is 1.43. The molecule has 0 spiro atoms. The predicted octanol–water partition coefficient (Wildman–Crippen LogP) is 2.22. The molecule has 0 bridgehead atoms. The van der Waals surface area contributed by atoms with Gasteiger partial charge < -0.3 is 14.8 Å². The molecule has 0 atom stereocenters. The normalized spacial score (nSPS) is 14.8. The monoisotopic (exact) mass is 227 g/mol. The minimum atomic E-state index is 0.625. The first-order chi connectivity index (χ1) is 7.31. The number of rotatable bonds is 2. The summed E-state index contributed by atoms with van der Waals surface area (Å²) in [4.78, 5) is 0. The average molecular weight is 228 g/mol. The molecule has 0 saturated carbocycles. The van der Waals surface area contributed by atoms with E-state index in [2.05, 4.69) is 5.32 Å². The molecule has 1 heterocycles. The first-order valence-electron chi connectivity index (χ1n) is 5.04. The Morgan fingerprint density at radius 2 is 2.13 bits per heavy atom. The second-order valence-electron chi connectivity index (χ2n) is 3.49. The summed E-state index contributed by atoms with van der Waals surface area (Å²) in [6.07, 6.45) is 0.895. The smallest absolute Gasteiger partial charge is 0.179 e. The Balaban J connectivity index is 2.35. The van der Waals surface area contributed by atoms with Gasteiger partial charge in [0.15, 0.2) is 11.5 Å². The summed E-state index contributed by atoms with van der Waals surface area (Å²) in [7, 11) is 1.90. The lowest BCUT2D eigenvalue weighted by atomic mass is 10.2. The molecule has 1 N–H and O–H groups in total. The molecule has 3 nitrogen and oxygen atoms in total. The average Bonchev–Trinajstić information content (AvgIpc) is 2.43. The fourth-order valence-electron chi connectivity index (χ4n) is 1.59. The van der Waals surface area contributed by atoms with Gasteiger partial charge >= 0.3 is 0 Å². The molecule has 4 heteroatoms. The largest absolute Gasteiger partial charge is 0.489 e. The van der Waals surface area contributed by atoms with Crippen molar-refractivity contribution in [1.82, 2.24) is 5.32 Å². The molecule has 0 aromatic heterocycles. The summed E-state index contributed by atoms with van der Waals surface area (Å²) >= 11 is 6.12. The predicted molar refractivity (Wildman–Crippen MR) is 59.8 cm³/mol. The van der Waals surface area contributed by atoms with Crippen LogP contribution in [-0.4, -0.2) is 20.3 Å². The van der Waals surface area contributed by atoms with Crippen LogP contribution in [0.25, 0.3) is 0 Å². The van der Waals surface area contributed by atoms with Gasteiger partial charge in [-0.3, -0.25) is 0 Å². The Hall–Kier alpha value is -0.930. The highest BCUT2D eigenvalue weighted by atomic mass is 35.5. The van der Waals surface area contributed by atoms with E-state index < -0.39 is 0 Å². The van der Waals surface area contributed by atoms with E-state index in [1.54, 1.807) is 0 Å². The topological polar surface area (TPSA) is 30.5 Å². The third-order valence-electron chi connectivity index (χ3n) is 2.24. The van der Waals surface area contributed by atoms with Crippen LogP contribution in [0.3, 0.4) is 0 Å². The van der Waals surface area contributed by atoms with Crippen LogP contribution in [0.2, 0.25) is 5.02 Å². The van der Waals surface area contributed by atoms with Crippen molar-refractivity contribution >= 4 is 11.6 Å². The maximum Gasteiger partial charge on any atom is 0.179 e. The van der Waals surface area contributed by atoms with Crippen LogP contribution in [0, 0.1) is 0 Å². The molecule has 0 unspecified atom stereocenters. The Labute approximate surface area is 94.3 Å². The third kappa shape index (κ3) is 2.36. The van der Waals surface area contributed by atoms with Gasteiger partial charge in [-0.2, -0.15) is 0 Å². The lowest BCUT2D eigenvalue weighted by Gasteiger charge is -2.11. The van der Waals surface area contributed by atoms with Gasteiger partial charge in [0.25, 0.3) is 0 Å². The van der Waals surface area contributed by atoms with E-state index in [-0.39, 0.29) is 0 Å². The molecule has 1 aromatic rings. The van der Waals surface area contributed by atoms with E-state index in [9.17, 15) is 0 Å². The summed E-state index contributed by atoms with van der Waals surface area (Å²) in [5, 5.41) is 3.70. The molecule has 1 aliphatic rings. The van der Waals surface area contributed by atoms with E-state index >= 15 is 0 Å². The van der Waals surface area contributed by atoms with Gasteiger partial charge in [-0.25, -0.2) is 0 Å². The number of benzene rings is 1. The number of nitrogens with one attached hydrogen (secondary N) is 1. The van der Waals surface area contributed by atoms with Crippen molar-refractivity contribution in [2.75, 3.05) is 20.3 Å². The van der Waals surface area contributed by atoms with Gasteiger partial charge in [0.2, 0.25) is 0 Å². The molecule has 1 aliphatic heterocycles. The maximum atomic E-state index is 6.12. The third-order valence-corrected chi connectivity index (χ3v) is 2.52. The molecular weight excluding hydrogens is 214 g/mol. The van der Waals surface area contributed by atoms with Gasteiger partial charge in [0.05, 0.1) is 18.2 Å². The van der Waals surface area contributed by atoms with Crippen LogP contribution in [0.5, 0.6) is 11.5 Å². The molecular formula is C11H14ClNO2. The highest BCUT2D eigenvalue weighted by Gasteiger charge is 2.15. The molecule has 82 valence electrons. The number of fused-ring (bicyclic) bond motifs is 1. The second kappa shape index (κ2) is 4.73. The van der Waals surface area contributed by atoms with Crippen molar-refractivity contribution in [3.8, 4) is 11.5 Å². The van der Waals surface area contributed by atoms with Crippen molar-refractivity contribution in [3.63, 3.8) is 0 Å². The minimum absolute atomic E-state index is 0.625. The molecule has 0 saturated heterocycles. The maximum absolute atomic E-state index is 6.12. The van der Waals surface area contributed by atoms with Crippen LogP contribution in [0.4, 0.5) is 0 Å². The van der Waals surface area contributed by atoms with Gasteiger partial charge in [-0.05, 0) is 24.7 Å². The van der Waals surface area contributed by atoms with Crippen molar-refractivity contribution in [2.24, 2.45) is 0 Å². The highest BCUT2D eigenvalue weighted by Crippen LogP contribution is 2.37. The standard InChI is InChI=1S/C11H14ClNO2/c1-13-7-8-5-9(12)11-10(6-8)14-3-2-4-15-11/h5-6,13H,2-4,7H2,1H3. The van der Waals surface area contributed by atoms with E-state index in [0.717, 1.165) is 24.3 Å². The Kier molecular flexibility index (Phi) is 3.34. The van der Waals surface area contributed by atoms with Crippen molar-refractivity contribution < 1.29 is 9.47 Å². The number of halogens is 1. The van der Waals surface area contributed by atoms with E-state index in [1.807, 2.05) is 19.2 Å². The lowest BCUT2D eigenvalue weighted by Crippen LogP contribution is -2.05. The van der Waals surface area contributed by atoms with Crippen LogP contribution in [-0.2, 0) is 6.54 Å². The summed E-state index contributed by atoms with van der Waals surface area (Å²) in [6, 6.07) is 3.88. The fourth-order valence-corrected chi connectivity index (χ4v) is 1.88. The SMILES string of the molecule is CNCc1cc(Cl)c2c(c1)OCCCO2. The number of hydrogen-bond donors (Lipinski definition) is 1. The molecule has 15 heavy (non-hydrogen) atoms. The lowest BCUT2D eigenvalue weighted by molar-refractivity contribution is 0.297. The zero-order chi connectivity index (χ0) is 10.7.